The van der Waals surface area contributed by atoms with Crippen LogP contribution in [-0.2, 0) is 6.42 Å². The molecule has 0 spiro atoms. The summed E-state index contributed by atoms with van der Waals surface area (Å²) in [4.78, 5) is 12.6. The Bertz CT molecular complexity index is 446. The second-order valence-electron chi connectivity index (χ2n) is 6.14. The molecular weight excluding hydrogens is 246 g/mol. The van der Waals surface area contributed by atoms with Gasteiger partial charge in [0, 0.05) is 17.5 Å². The first-order chi connectivity index (χ1) is 9.69. The van der Waals surface area contributed by atoms with Crippen LogP contribution in [0, 0.1) is 0 Å². The van der Waals surface area contributed by atoms with Gasteiger partial charge in [-0.2, -0.15) is 0 Å². The number of hydrogen-bond donors (Lipinski definition) is 1. The van der Waals surface area contributed by atoms with Crippen LogP contribution in [0.2, 0.25) is 0 Å². The molecule has 0 aromatic heterocycles. The molecule has 2 nitrogen and oxygen atoms in total. The second-order valence-corrected chi connectivity index (χ2v) is 6.14. The van der Waals surface area contributed by atoms with Gasteiger partial charge >= 0.3 is 0 Å². The number of carbonyl (C=O) groups is 1. The van der Waals surface area contributed by atoms with E-state index < -0.39 is 0 Å². The van der Waals surface area contributed by atoms with Crippen molar-refractivity contribution in [2.45, 2.75) is 63.8 Å². The predicted molar refractivity (Wildman–Crippen MR) is 84.3 cm³/mol. The Morgan fingerprint density at radius 1 is 1.25 bits per heavy atom. The summed E-state index contributed by atoms with van der Waals surface area (Å²) in [6, 6.07) is 8.19. The predicted octanol–water partition coefficient (Wildman–Crippen LogP) is 4.13. The molecular formula is C18H27NO. The lowest BCUT2D eigenvalue weighted by molar-refractivity contribution is 0.0914. The molecule has 0 aliphatic heterocycles. The number of carbonyl (C=O) groups excluding carboxylic acids is 1. The van der Waals surface area contributed by atoms with E-state index in [1.165, 1.54) is 24.8 Å². The van der Waals surface area contributed by atoms with Crippen molar-refractivity contribution in [3.63, 3.8) is 0 Å². The van der Waals surface area contributed by atoms with Crippen molar-refractivity contribution in [1.82, 2.24) is 5.32 Å². The Morgan fingerprint density at radius 3 is 2.65 bits per heavy atom. The monoisotopic (exact) mass is 273 g/mol. The van der Waals surface area contributed by atoms with E-state index in [1.54, 1.807) is 0 Å². The highest BCUT2D eigenvalue weighted by molar-refractivity contribution is 5.97. The Hall–Kier alpha value is -1.15. The van der Waals surface area contributed by atoms with Gasteiger partial charge in [-0.05, 0) is 37.9 Å². The lowest BCUT2D eigenvalue weighted by atomic mass is 9.77. The summed E-state index contributed by atoms with van der Waals surface area (Å²) in [6.45, 7) is 2.17. The van der Waals surface area contributed by atoms with E-state index in [-0.39, 0.29) is 5.54 Å². The molecule has 2 heteroatoms. The van der Waals surface area contributed by atoms with Crippen molar-refractivity contribution in [2.75, 3.05) is 7.05 Å². The minimum Gasteiger partial charge on any atom is -0.314 e. The van der Waals surface area contributed by atoms with E-state index in [2.05, 4.69) is 24.4 Å². The molecule has 0 radical (unpaired) electrons. The summed E-state index contributed by atoms with van der Waals surface area (Å²) < 4.78 is 0. The van der Waals surface area contributed by atoms with Crippen LogP contribution in [0.25, 0.3) is 0 Å². The molecule has 0 unspecified atom stereocenters. The van der Waals surface area contributed by atoms with Crippen molar-refractivity contribution in [1.29, 1.82) is 0 Å². The summed E-state index contributed by atoms with van der Waals surface area (Å²) in [5.41, 5.74) is 2.20. The third-order valence-corrected chi connectivity index (χ3v) is 4.63. The fourth-order valence-corrected chi connectivity index (χ4v) is 3.34. The number of nitrogens with one attached hydrogen (secondary N) is 1. The van der Waals surface area contributed by atoms with Gasteiger partial charge in [-0.25, -0.2) is 0 Å². The minimum atomic E-state index is 0.0378. The Balaban J connectivity index is 2.08. The Labute approximate surface area is 123 Å². The van der Waals surface area contributed by atoms with Crippen LogP contribution in [-0.4, -0.2) is 18.4 Å². The van der Waals surface area contributed by atoms with E-state index in [4.69, 9.17) is 0 Å². The van der Waals surface area contributed by atoms with Crippen LogP contribution in [0.4, 0.5) is 0 Å². The van der Waals surface area contributed by atoms with Crippen molar-refractivity contribution >= 4 is 5.78 Å². The lowest BCUT2D eigenvalue weighted by Crippen LogP contribution is -2.46. The van der Waals surface area contributed by atoms with Gasteiger partial charge in [0.05, 0.1) is 0 Å². The Morgan fingerprint density at radius 2 is 2.00 bits per heavy atom. The van der Waals surface area contributed by atoms with Gasteiger partial charge in [0.25, 0.3) is 0 Å². The third kappa shape index (κ3) is 3.69. The van der Waals surface area contributed by atoms with Crippen LogP contribution in [0.5, 0.6) is 0 Å². The van der Waals surface area contributed by atoms with Gasteiger partial charge in [-0.3, -0.25) is 4.79 Å². The average molecular weight is 273 g/mol. The van der Waals surface area contributed by atoms with Crippen LogP contribution < -0.4 is 5.32 Å². The minimum absolute atomic E-state index is 0.0378. The highest BCUT2D eigenvalue weighted by Crippen LogP contribution is 2.31. The number of Topliss-reactive ketones (excluding diaryl/α,β-unsaturated/α-hetero) is 1. The second kappa shape index (κ2) is 7.03. The topological polar surface area (TPSA) is 29.1 Å². The van der Waals surface area contributed by atoms with Gasteiger partial charge in [0.1, 0.15) is 0 Å². The largest absolute Gasteiger partial charge is 0.314 e. The molecule has 20 heavy (non-hydrogen) atoms. The van der Waals surface area contributed by atoms with Crippen molar-refractivity contribution < 1.29 is 4.79 Å². The maximum absolute atomic E-state index is 12.6. The molecule has 0 bridgehead atoms. The molecule has 110 valence electrons. The van der Waals surface area contributed by atoms with E-state index >= 15 is 0 Å². The van der Waals surface area contributed by atoms with Crippen molar-refractivity contribution in [2.24, 2.45) is 0 Å². The van der Waals surface area contributed by atoms with Crippen molar-refractivity contribution in [3.05, 3.63) is 35.4 Å². The van der Waals surface area contributed by atoms with Gasteiger partial charge in [0.2, 0.25) is 0 Å². The summed E-state index contributed by atoms with van der Waals surface area (Å²) in [6.07, 6.45) is 8.86. The highest BCUT2D eigenvalue weighted by atomic mass is 16.1. The molecule has 1 fully saturated rings. The molecule has 1 N–H and O–H groups in total. The van der Waals surface area contributed by atoms with Gasteiger partial charge < -0.3 is 5.32 Å². The number of rotatable bonds is 6. The summed E-state index contributed by atoms with van der Waals surface area (Å²) >= 11 is 0. The lowest BCUT2D eigenvalue weighted by Gasteiger charge is -2.36. The van der Waals surface area contributed by atoms with Gasteiger partial charge in [0.15, 0.2) is 5.78 Å². The first kappa shape index (κ1) is 15.2. The maximum Gasteiger partial charge on any atom is 0.164 e. The number of ketones is 1. The summed E-state index contributed by atoms with van der Waals surface area (Å²) in [5.74, 6) is 0.291. The standard InChI is InChI=1S/C18H27NO/c1-3-8-15-9-7-10-16(13-15)17(20)14-18(19-2)11-5-4-6-12-18/h7,9-10,13,19H,3-6,8,11-12,14H2,1-2H3. The van der Waals surface area contributed by atoms with Crippen LogP contribution in [0.3, 0.4) is 0 Å². The van der Waals surface area contributed by atoms with Crippen LogP contribution >= 0.6 is 0 Å². The molecule has 1 aromatic rings. The molecule has 0 amide bonds. The smallest absolute Gasteiger partial charge is 0.164 e. The van der Waals surface area contributed by atoms with E-state index in [0.29, 0.717) is 12.2 Å². The quantitative estimate of drug-likeness (QED) is 0.789. The van der Waals surface area contributed by atoms with Gasteiger partial charge in [-0.1, -0.05) is 50.8 Å². The number of aryl methyl sites for hydroxylation is 1. The molecule has 0 heterocycles. The molecule has 0 saturated heterocycles. The fraction of sp³-hybridized carbons (Fsp3) is 0.611. The number of hydrogen-bond acceptors (Lipinski definition) is 2. The van der Waals surface area contributed by atoms with Crippen LogP contribution in [0.1, 0.15) is 67.8 Å². The van der Waals surface area contributed by atoms with Crippen LogP contribution in [0.15, 0.2) is 24.3 Å². The third-order valence-electron chi connectivity index (χ3n) is 4.63. The zero-order valence-corrected chi connectivity index (χ0v) is 12.9. The van der Waals surface area contributed by atoms with Gasteiger partial charge in [-0.15, -0.1) is 0 Å². The summed E-state index contributed by atoms with van der Waals surface area (Å²) in [7, 11) is 2.01. The first-order valence-electron chi connectivity index (χ1n) is 8.00. The molecule has 1 saturated carbocycles. The molecule has 0 atom stereocenters. The van der Waals surface area contributed by atoms with Crippen molar-refractivity contribution in [3.8, 4) is 0 Å². The molecule has 2 rings (SSSR count). The van der Waals surface area contributed by atoms with E-state index in [1.807, 2.05) is 19.2 Å². The fourth-order valence-electron chi connectivity index (χ4n) is 3.34. The maximum atomic E-state index is 12.6. The number of benzene rings is 1. The Kier molecular flexibility index (Phi) is 5.36. The SMILES string of the molecule is CCCc1cccc(C(=O)CC2(NC)CCCCC2)c1. The highest BCUT2D eigenvalue weighted by Gasteiger charge is 2.32. The molecule has 1 aromatic carbocycles. The summed E-state index contributed by atoms with van der Waals surface area (Å²) in [5, 5.41) is 3.44. The first-order valence-corrected chi connectivity index (χ1v) is 8.00. The molecule has 1 aliphatic rings. The molecule has 1 aliphatic carbocycles. The van der Waals surface area contributed by atoms with E-state index in [9.17, 15) is 4.79 Å². The van der Waals surface area contributed by atoms with E-state index in [0.717, 1.165) is 31.2 Å². The zero-order valence-electron chi connectivity index (χ0n) is 12.9. The zero-order chi connectivity index (χ0) is 14.4. The average Bonchev–Trinajstić information content (AvgIpc) is 2.49. The normalized spacial score (nSPS) is 17.9.